The Bertz CT molecular complexity index is 631. The number of hydrogen-bond donors (Lipinski definition) is 1. The van der Waals surface area contributed by atoms with E-state index in [0.29, 0.717) is 36.8 Å². The largest absolute Gasteiger partial charge is 0.489 e. The van der Waals surface area contributed by atoms with Gasteiger partial charge >= 0.3 is 0 Å². The minimum Gasteiger partial charge on any atom is -0.489 e. The monoisotopic (exact) mass is 363 g/mol. The van der Waals surface area contributed by atoms with E-state index in [4.69, 9.17) is 9.47 Å². The highest BCUT2D eigenvalue weighted by Crippen LogP contribution is 2.25. The highest BCUT2D eigenvalue weighted by Gasteiger charge is 2.12. The molecule has 2 aromatic carbocycles. The molecule has 0 atom stereocenters. The fraction of sp³-hybridized carbons (Fsp3) is 0.235. The van der Waals surface area contributed by atoms with Gasteiger partial charge in [0.1, 0.15) is 12.4 Å². The molecule has 1 amide bonds. The highest BCUT2D eigenvalue weighted by atomic mass is 79.9. The van der Waals surface area contributed by atoms with Gasteiger partial charge in [0.05, 0.1) is 17.9 Å². The van der Waals surface area contributed by atoms with Crippen LogP contribution in [0.3, 0.4) is 0 Å². The van der Waals surface area contributed by atoms with Crippen LogP contribution in [0, 0.1) is 0 Å². The van der Waals surface area contributed by atoms with Gasteiger partial charge in [0.2, 0.25) is 0 Å². The van der Waals surface area contributed by atoms with Crippen LogP contribution in [0.5, 0.6) is 5.75 Å². The molecule has 0 fully saturated rings. The van der Waals surface area contributed by atoms with Gasteiger partial charge in [-0.25, -0.2) is 0 Å². The lowest BCUT2D eigenvalue weighted by Gasteiger charge is -2.13. The predicted molar refractivity (Wildman–Crippen MR) is 90.5 cm³/mol. The molecule has 0 saturated heterocycles. The molecule has 0 aliphatic rings. The van der Waals surface area contributed by atoms with Crippen LogP contribution in [0.15, 0.2) is 53.0 Å². The number of rotatable bonds is 7. The van der Waals surface area contributed by atoms with E-state index in [-0.39, 0.29) is 5.91 Å². The van der Waals surface area contributed by atoms with E-state index in [9.17, 15) is 4.79 Å². The lowest BCUT2D eigenvalue weighted by molar-refractivity contribution is 0.102. The van der Waals surface area contributed by atoms with E-state index in [0.717, 1.165) is 4.47 Å². The number of para-hydroxylation sites is 2. The summed E-state index contributed by atoms with van der Waals surface area (Å²) >= 11 is 3.38. The summed E-state index contributed by atoms with van der Waals surface area (Å²) in [5.41, 5.74) is 1.21. The third-order valence-electron chi connectivity index (χ3n) is 2.94. The van der Waals surface area contributed by atoms with Crippen LogP contribution in [0.2, 0.25) is 0 Å². The van der Waals surface area contributed by atoms with Gasteiger partial charge in [-0.1, -0.05) is 24.3 Å². The topological polar surface area (TPSA) is 47.6 Å². The zero-order valence-corrected chi connectivity index (χ0v) is 13.9. The van der Waals surface area contributed by atoms with Gasteiger partial charge in [-0.15, -0.1) is 0 Å². The first-order valence-electron chi connectivity index (χ1n) is 7.08. The number of hydrogen-bond acceptors (Lipinski definition) is 3. The number of halogens is 1. The van der Waals surface area contributed by atoms with Gasteiger partial charge in [-0.2, -0.15) is 0 Å². The van der Waals surface area contributed by atoms with E-state index >= 15 is 0 Å². The molecule has 116 valence electrons. The molecular weight excluding hydrogens is 346 g/mol. The fourth-order valence-electron chi connectivity index (χ4n) is 1.89. The molecule has 0 aliphatic heterocycles. The number of ether oxygens (including phenoxy) is 2. The van der Waals surface area contributed by atoms with Crippen LogP contribution < -0.4 is 10.1 Å². The second-order valence-corrected chi connectivity index (χ2v) is 5.33. The van der Waals surface area contributed by atoms with Crippen molar-refractivity contribution in [1.82, 2.24) is 0 Å². The predicted octanol–water partition coefficient (Wildman–Crippen LogP) is 4.12. The number of carbonyl (C=O) groups is 1. The number of amides is 1. The standard InChI is InChI=1S/C17H18BrNO3/c1-2-21-11-12-22-16-10-6-5-9-15(16)19-17(20)13-7-3-4-8-14(13)18/h3-10H,2,11-12H2,1H3,(H,19,20). The summed E-state index contributed by atoms with van der Waals surface area (Å²) in [7, 11) is 0. The molecule has 0 aliphatic carbocycles. The Labute approximate surface area is 138 Å². The van der Waals surface area contributed by atoms with Crippen LogP contribution in [0.1, 0.15) is 17.3 Å². The van der Waals surface area contributed by atoms with E-state index in [1.165, 1.54) is 0 Å². The zero-order chi connectivity index (χ0) is 15.8. The van der Waals surface area contributed by atoms with E-state index in [1.807, 2.05) is 49.4 Å². The minimum atomic E-state index is -0.187. The average molecular weight is 364 g/mol. The summed E-state index contributed by atoms with van der Waals surface area (Å²) < 4.78 is 11.6. The first-order chi connectivity index (χ1) is 10.7. The Kier molecular flexibility index (Phi) is 6.43. The molecule has 4 nitrogen and oxygen atoms in total. The smallest absolute Gasteiger partial charge is 0.256 e. The third kappa shape index (κ3) is 4.58. The summed E-state index contributed by atoms with van der Waals surface area (Å²) in [5.74, 6) is 0.441. The van der Waals surface area contributed by atoms with Gasteiger partial charge in [-0.05, 0) is 47.1 Å². The normalized spacial score (nSPS) is 10.3. The van der Waals surface area contributed by atoms with Gasteiger partial charge in [0.15, 0.2) is 0 Å². The first-order valence-corrected chi connectivity index (χ1v) is 7.87. The Morgan fingerprint density at radius 2 is 1.82 bits per heavy atom. The Morgan fingerprint density at radius 1 is 1.09 bits per heavy atom. The average Bonchev–Trinajstić information content (AvgIpc) is 2.53. The molecule has 0 aromatic heterocycles. The van der Waals surface area contributed by atoms with Crippen molar-refractivity contribution < 1.29 is 14.3 Å². The lowest BCUT2D eigenvalue weighted by atomic mass is 10.2. The molecule has 0 spiro atoms. The first kappa shape index (κ1) is 16.5. The van der Waals surface area contributed by atoms with Crippen LogP contribution in [0.4, 0.5) is 5.69 Å². The quantitative estimate of drug-likeness (QED) is 0.752. The van der Waals surface area contributed by atoms with Gasteiger partial charge in [-0.3, -0.25) is 4.79 Å². The second-order valence-electron chi connectivity index (χ2n) is 4.48. The molecule has 0 heterocycles. The van der Waals surface area contributed by atoms with Gasteiger partial charge in [0.25, 0.3) is 5.91 Å². The van der Waals surface area contributed by atoms with Crippen molar-refractivity contribution in [3.63, 3.8) is 0 Å². The number of benzene rings is 2. The summed E-state index contributed by atoms with van der Waals surface area (Å²) in [5, 5.41) is 2.87. The maximum Gasteiger partial charge on any atom is 0.256 e. The van der Waals surface area contributed by atoms with Gasteiger partial charge in [0, 0.05) is 11.1 Å². The van der Waals surface area contributed by atoms with Crippen LogP contribution in [0.25, 0.3) is 0 Å². The lowest BCUT2D eigenvalue weighted by Crippen LogP contribution is -2.14. The van der Waals surface area contributed by atoms with Crippen molar-refractivity contribution >= 4 is 27.5 Å². The maximum atomic E-state index is 12.3. The van der Waals surface area contributed by atoms with Crippen molar-refractivity contribution in [3.05, 3.63) is 58.6 Å². The zero-order valence-electron chi connectivity index (χ0n) is 12.3. The number of anilines is 1. The van der Waals surface area contributed by atoms with Crippen LogP contribution >= 0.6 is 15.9 Å². The SMILES string of the molecule is CCOCCOc1ccccc1NC(=O)c1ccccc1Br. The third-order valence-corrected chi connectivity index (χ3v) is 3.63. The van der Waals surface area contributed by atoms with Crippen molar-refractivity contribution in [1.29, 1.82) is 0 Å². The molecule has 0 bridgehead atoms. The van der Waals surface area contributed by atoms with Gasteiger partial charge < -0.3 is 14.8 Å². The minimum absolute atomic E-state index is 0.187. The summed E-state index contributed by atoms with van der Waals surface area (Å²) in [6.45, 7) is 3.55. The highest BCUT2D eigenvalue weighted by molar-refractivity contribution is 9.10. The molecule has 2 rings (SSSR count). The van der Waals surface area contributed by atoms with Crippen molar-refractivity contribution in [2.45, 2.75) is 6.92 Å². The molecule has 5 heteroatoms. The maximum absolute atomic E-state index is 12.3. The molecule has 0 saturated carbocycles. The van der Waals surface area contributed by atoms with Crippen LogP contribution in [-0.2, 0) is 4.74 Å². The molecular formula is C17H18BrNO3. The Hall–Kier alpha value is -1.85. The Morgan fingerprint density at radius 3 is 2.59 bits per heavy atom. The van der Waals surface area contributed by atoms with Crippen molar-refractivity contribution in [2.75, 3.05) is 25.1 Å². The molecule has 0 radical (unpaired) electrons. The van der Waals surface area contributed by atoms with Crippen molar-refractivity contribution in [3.8, 4) is 5.75 Å². The fourth-order valence-corrected chi connectivity index (χ4v) is 2.35. The van der Waals surface area contributed by atoms with E-state index < -0.39 is 0 Å². The summed E-state index contributed by atoms with van der Waals surface area (Å²) in [4.78, 5) is 12.3. The molecule has 1 N–H and O–H groups in total. The molecule has 0 unspecified atom stereocenters. The van der Waals surface area contributed by atoms with E-state index in [2.05, 4.69) is 21.2 Å². The molecule has 2 aromatic rings. The number of carbonyl (C=O) groups excluding carboxylic acids is 1. The van der Waals surface area contributed by atoms with Crippen molar-refractivity contribution in [2.24, 2.45) is 0 Å². The Balaban J connectivity index is 2.06. The summed E-state index contributed by atoms with van der Waals surface area (Å²) in [6.07, 6.45) is 0. The second kappa shape index (κ2) is 8.56. The van der Waals surface area contributed by atoms with Crippen LogP contribution in [-0.4, -0.2) is 25.7 Å². The molecule has 22 heavy (non-hydrogen) atoms. The number of nitrogens with one attached hydrogen (secondary N) is 1. The van der Waals surface area contributed by atoms with E-state index in [1.54, 1.807) is 6.07 Å². The summed E-state index contributed by atoms with van der Waals surface area (Å²) in [6, 6.07) is 14.6.